The number of aromatic nitrogens is 1. The van der Waals surface area contributed by atoms with Gasteiger partial charge in [-0.1, -0.05) is 0 Å². The van der Waals surface area contributed by atoms with Gasteiger partial charge in [-0.15, -0.1) is 9.42 Å². The summed E-state index contributed by atoms with van der Waals surface area (Å²) in [6, 6.07) is 5.92. The molecular weight excluding hydrogens is 381 g/mol. The zero-order chi connectivity index (χ0) is 20.1. The van der Waals surface area contributed by atoms with E-state index in [1.165, 1.54) is 0 Å². The van der Waals surface area contributed by atoms with Crippen LogP contribution in [0.25, 0.3) is 10.9 Å². The number of methoxy groups -OCH3 is 2. The molecule has 1 aromatic carbocycles. The third kappa shape index (κ3) is 4.33. The molecule has 0 bridgehead atoms. The van der Waals surface area contributed by atoms with Gasteiger partial charge in [0.05, 0.1) is 31.0 Å². The molecular formula is C19H23N3O5P+. The van der Waals surface area contributed by atoms with Crippen LogP contribution in [0.5, 0.6) is 11.5 Å². The van der Waals surface area contributed by atoms with Crippen molar-refractivity contribution in [2.75, 3.05) is 38.8 Å². The Morgan fingerprint density at radius 3 is 2.71 bits per heavy atom. The van der Waals surface area contributed by atoms with Crippen molar-refractivity contribution in [2.45, 2.75) is 19.3 Å². The average Bonchev–Trinajstić information content (AvgIpc) is 2.95. The zero-order valence-electron chi connectivity index (χ0n) is 15.9. The molecule has 9 heteroatoms. The number of pyridine rings is 1. The third-order valence-electron chi connectivity index (χ3n) is 5.05. The molecule has 0 aliphatic carbocycles. The van der Waals surface area contributed by atoms with Crippen LogP contribution >= 0.6 is 8.25 Å². The molecule has 0 spiro atoms. The Morgan fingerprint density at radius 2 is 2.04 bits per heavy atom. The van der Waals surface area contributed by atoms with E-state index in [9.17, 15) is 9.83 Å². The van der Waals surface area contributed by atoms with Crippen LogP contribution in [-0.2, 0) is 9.09 Å². The number of fused-ring (bicyclic) bond motifs is 1. The first kappa shape index (κ1) is 20.3. The van der Waals surface area contributed by atoms with Crippen LogP contribution in [0.3, 0.4) is 0 Å². The minimum absolute atomic E-state index is 0.212. The highest BCUT2D eigenvalue weighted by molar-refractivity contribution is 7.32. The predicted molar refractivity (Wildman–Crippen MR) is 105 cm³/mol. The number of hydrogen-bond donors (Lipinski definition) is 1. The Balaban J connectivity index is 1.96. The fourth-order valence-electron chi connectivity index (χ4n) is 3.65. The van der Waals surface area contributed by atoms with Crippen molar-refractivity contribution in [3.05, 3.63) is 23.9 Å². The van der Waals surface area contributed by atoms with Gasteiger partial charge in [0.15, 0.2) is 11.5 Å². The van der Waals surface area contributed by atoms with Gasteiger partial charge in [0.25, 0.3) is 0 Å². The number of nitriles is 1. The molecule has 1 aliphatic heterocycles. The van der Waals surface area contributed by atoms with Crippen LogP contribution in [0.4, 0.5) is 5.69 Å². The van der Waals surface area contributed by atoms with Crippen LogP contribution in [0.2, 0.25) is 0 Å². The second-order valence-corrected chi connectivity index (χ2v) is 7.41. The summed E-state index contributed by atoms with van der Waals surface area (Å²) in [5.41, 5.74) is 2.07. The number of ether oxygens (including phenoxy) is 2. The summed E-state index contributed by atoms with van der Waals surface area (Å²) >= 11 is 0. The Bertz CT molecular complexity index is 915. The van der Waals surface area contributed by atoms with Crippen LogP contribution in [0.1, 0.15) is 24.8 Å². The maximum absolute atomic E-state index is 10.8. The van der Waals surface area contributed by atoms with Gasteiger partial charge >= 0.3 is 8.25 Å². The molecule has 1 aliphatic rings. The van der Waals surface area contributed by atoms with Crippen molar-refractivity contribution < 1.29 is 23.5 Å². The molecule has 28 heavy (non-hydrogen) atoms. The van der Waals surface area contributed by atoms with Gasteiger partial charge in [0.2, 0.25) is 0 Å². The first-order valence-electron chi connectivity index (χ1n) is 9.06. The summed E-state index contributed by atoms with van der Waals surface area (Å²) in [6.45, 7) is 1.77. The fraction of sp³-hybridized carbons (Fsp3) is 0.474. The van der Waals surface area contributed by atoms with Crippen LogP contribution in [-0.4, -0.2) is 43.8 Å². The Kier molecular flexibility index (Phi) is 6.63. The van der Waals surface area contributed by atoms with E-state index in [2.05, 4.69) is 16.0 Å². The Hall–Kier alpha value is -2.46. The van der Waals surface area contributed by atoms with Crippen molar-refractivity contribution >= 4 is 24.8 Å². The fourth-order valence-corrected chi connectivity index (χ4v) is 3.99. The first-order chi connectivity index (χ1) is 13.6. The number of anilines is 1. The largest absolute Gasteiger partial charge is 0.694 e. The molecule has 8 nitrogen and oxygen atoms in total. The highest BCUT2D eigenvalue weighted by Gasteiger charge is 2.25. The van der Waals surface area contributed by atoms with Gasteiger partial charge in [0.1, 0.15) is 12.7 Å². The van der Waals surface area contributed by atoms with E-state index in [-0.39, 0.29) is 12.5 Å². The topological polar surface area (TPSA) is 105 Å². The molecule has 0 radical (unpaired) electrons. The zero-order valence-corrected chi connectivity index (χ0v) is 16.8. The molecule has 3 rings (SSSR count). The van der Waals surface area contributed by atoms with E-state index in [0.717, 1.165) is 48.9 Å². The van der Waals surface area contributed by atoms with Gasteiger partial charge in [-0.05, 0) is 31.2 Å². The van der Waals surface area contributed by atoms with Gasteiger partial charge in [0, 0.05) is 35.3 Å². The van der Waals surface area contributed by atoms with E-state index < -0.39 is 8.25 Å². The molecule has 1 N–H and O–H groups in total. The average molecular weight is 404 g/mol. The van der Waals surface area contributed by atoms with E-state index >= 15 is 0 Å². The third-order valence-corrected chi connectivity index (χ3v) is 5.42. The highest BCUT2D eigenvalue weighted by Crippen LogP contribution is 2.38. The number of nitrogens with zero attached hydrogens (tertiary/aromatic N) is 3. The van der Waals surface area contributed by atoms with E-state index in [1.807, 2.05) is 12.1 Å². The molecule has 1 aromatic heterocycles. The minimum atomic E-state index is -2.57. The standard InChI is InChI=1S/C19H22N3O5P/c1-25-17-8-15-16(9-18(17)26-2)21-11-14(10-20)19(15)22-6-3-4-13(5-7-22)12-27-28(23)24/h8-9,11,13H,3-7,12H2,1-2H3/p+1. The Labute approximate surface area is 164 Å². The summed E-state index contributed by atoms with van der Waals surface area (Å²) in [5.74, 6) is 1.38. The van der Waals surface area contributed by atoms with Crippen LogP contribution in [0.15, 0.2) is 18.3 Å². The number of benzene rings is 1. The second kappa shape index (κ2) is 9.16. The lowest BCUT2D eigenvalue weighted by atomic mass is 10.0. The summed E-state index contributed by atoms with van der Waals surface area (Å²) in [7, 11) is 0.580. The van der Waals surface area contributed by atoms with Crippen molar-refractivity contribution in [2.24, 2.45) is 5.92 Å². The quantitative estimate of drug-likeness (QED) is 0.731. The normalized spacial score (nSPS) is 17.7. The highest BCUT2D eigenvalue weighted by atomic mass is 31.1. The van der Waals surface area contributed by atoms with Crippen LogP contribution < -0.4 is 14.4 Å². The number of hydrogen-bond acceptors (Lipinski definition) is 7. The molecule has 2 aromatic rings. The first-order valence-corrected chi connectivity index (χ1v) is 10.2. The SMILES string of the molecule is COc1cc2ncc(C#N)c(N3CCCC(CO[P+](=O)O)CC3)c2cc1OC. The van der Waals surface area contributed by atoms with Gasteiger partial charge in [-0.2, -0.15) is 5.26 Å². The summed E-state index contributed by atoms with van der Waals surface area (Å²) < 4.78 is 26.5. The van der Waals surface area contributed by atoms with Crippen molar-refractivity contribution in [3.63, 3.8) is 0 Å². The summed E-state index contributed by atoms with van der Waals surface area (Å²) in [6.07, 6.45) is 4.20. The molecule has 148 valence electrons. The van der Waals surface area contributed by atoms with E-state index in [0.29, 0.717) is 17.1 Å². The van der Waals surface area contributed by atoms with Gasteiger partial charge < -0.3 is 14.4 Å². The minimum Gasteiger partial charge on any atom is -0.493 e. The van der Waals surface area contributed by atoms with E-state index in [1.54, 1.807) is 20.4 Å². The molecule has 0 saturated carbocycles. The van der Waals surface area contributed by atoms with Gasteiger partial charge in [-0.25, -0.2) is 0 Å². The molecule has 1 fully saturated rings. The maximum Gasteiger partial charge on any atom is 0.694 e. The molecule has 1 saturated heterocycles. The lowest BCUT2D eigenvalue weighted by Crippen LogP contribution is -2.25. The molecule has 2 heterocycles. The predicted octanol–water partition coefficient (Wildman–Crippen LogP) is 3.40. The van der Waals surface area contributed by atoms with Crippen molar-refractivity contribution in [1.82, 2.24) is 4.98 Å². The molecule has 2 atom stereocenters. The van der Waals surface area contributed by atoms with Crippen molar-refractivity contribution in [3.8, 4) is 17.6 Å². The van der Waals surface area contributed by atoms with Gasteiger partial charge in [-0.3, -0.25) is 4.98 Å². The Morgan fingerprint density at radius 1 is 1.29 bits per heavy atom. The smallest absolute Gasteiger partial charge is 0.493 e. The molecule has 0 amide bonds. The second-order valence-electron chi connectivity index (χ2n) is 6.67. The lowest BCUT2D eigenvalue weighted by Gasteiger charge is -2.25. The monoisotopic (exact) mass is 404 g/mol. The molecule has 2 unspecified atom stereocenters. The lowest BCUT2D eigenvalue weighted by molar-refractivity contribution is 0.221. The summed E-state index contributed by atoms with van der Waals surface area (Å²) in [4.78, 5) is 15.5. The van der Waals surface area contributed by atoms with Crippen LogP contribution in [0, 0.1) is 17.2 Å². The van der Waals surface area contributed by atoms with E-state index in [4.69, 9.17) is 18.9 Å². The summed E-state index contributed by atoms with van der Waals surface area (Å²) in [5, 5.41) is 10.5. The van der Waals surface area contributed by atoms with Crippen molar-refractivity contribution in [1.29, 1.82) is 5.26 Å². The number of rotatable bonds is 6. The maximum atomic E-state index is 10.8.